The second kappa shape index (κ2) is 9.25. The summed E-state index contributed by atoms with van der Waals surface area (Å²) in [4.78, 5) is 0. The van der Waals surface area contributed by atoms with Gasteiger partial charge >= 0.3 is 6.18 Å². The molecule has 1 aromatic heterocycles. The average Bonchev–Trinajstić information content (AvgIpc) is 2.87. The molecular formula is C16H15BrClF3N2O2. The molecule has 2 aromatic rings. The molecule has 9 heteroatoms. The van der Waals surface area contributed by atoms with Crippen LogP contribution in [0.5, 0.6) is 0 Å². The van der Waals surface area contributed by atoms with Crippen LogP contribution in [-0.2, 0) is 17.6 Å². The number of hydrogen-bond donors (Lipinski definition) is 1. The Balaban J connectivity index is 0.00000151. The van der Waals surface area contributed by atoms with E-state index in [2.05, 4.69) is 15.9 Å². The van der Waals surface area contributed by atoms with Crippen molar-refractivity contribution in [3.63, 3.8) is 0 Å². The van der Waals surface area contributed by atoms with E-state index in [1.807, 2.05) is 6.07 Å². The summed E-state index contributed by atoms with van der Waals surface area (Å²) >= 11 is 8.73. The van der Waals surface area contributed by atoms with Gasteiger partial charge in [-0.15, -0.1) is 0 Å². The van der Waals surface area contributed by atoms with Gasteiger partial charge in [-0.3, -0.25) is 0 Å². The van der Waals surface area contributed by atoms with E-state index in [0.29, 0.717) is 10.6 Å². The predicted molar refractivity (Wildman–Crippen MR) is 92.1 cm³/mol. The van der Waals surface area contributed by atoms with Crippen molar-refractivity contribution in [3.05, 3.63) is 45.0 Å². The lowest BCUT2D eigenvalue weighted by atomic mass is 10.1. The van der Waals surface area contributed by atoms with Gasteiger partial charge in [0.2, 0.25) is 0 Å². The van der Waals surface area contributed by atoms with Crippen LogP contribution >= 0.6 is 27.5 Å². The Kier molecular flexibility index (Phi) is 7.96. The Hall–Kier alpha value is -1.53. The fraction of sp³-hybridized carbons (Fsp3) is 0.312. The average molecular weight is 440 g/mol. The Morgan fingerprint density at radius 1 is 1.28 bits per heavy atom. The highest BCUT2D eigenvalue weighted by atomic mass is 79.9. The van der Waals surface area contributed by atoms with E-state index < -0.39 is 11.9 Å². The number of aliphatic hydroxyl groups is 1. The Labute approximate surface area is 156 Å². The van der Waals surface area contributed by atoms with Crippen LogP contribution in [0.25, 0.3) is 11.3 Å². The number of aliphatic hydroxyl groups excluding tert-OH is 1. The number of benzene rings is 1. The third-order valence-electron chi connectivity index (χ3n) is 3.13. The van der Waals surface area contributed by atoms with Crippen LogP contribution in [0.15, 0.2) is 28.7 Å². The molecule has 136 valence electrons. The topological polar surface area (TPSA) is 58.2 Å². The first-order valence-electron chi connectivity index (χ1n) is 6.98. The number of halogens is 5. The summed E-state index contributed by atoms with van der Waals surface area (Å²) in [7, 11) is 1.00. The molecule has 4 nitrogen and oxygen atoms in total. The van der Waals surface area contributed by atoms with Gasteiger partial charge in [-0.1, -0.05) is 23.7 Å². The molecule has 0 saturated heterocycles. The Bertz CT molecular complexity index is 753. The van der Waals surface area contributed by atoms with Crippen molar-refractivity contribution in [2.24, 2.45) is 0 Å². The fourth-order valence-corrected chi connectivity index (χ4v) is 3.03. The van der Waals surface area contributed by atoms with Crippen molar-refractivity contribution in [1.29, 1.82) is 5.26 Å². The minimum atomic E-state index is -4.63. The van der Waals surface area contributed by atoms with Crippen LogP contribution in [-0.4, -0.2) is 23.4 Å². The van der Waals surface area contributed by atoms with E-state index in [-0.39, 0.29) is 29.1 Å². The monoisotopic (exact) mass is 438 g/mol. The van der Waals surface area contributed by atoms with Gasteiger partial charge in [0.05, 0.1) is 15.7 Å². The molecule has 1 aromatic carbocycles. The maximum atomic E-state index is 13.4. The van der Waals surface area contributed by atoms with Gasteiger partial charge in [-0.25, -0.2) is 0 Å². The van der Waals surface area contributed by atoms with Crippen molar-refractivity contribution in [3.8, 4) is 17.3 Å². The van der Waals surface area contributed by atoms with Gasteiger partial charge in [0.15, 0.2) is 0 Å². The van der Waals surface area contributed by atoms with Gasteiger partial charge in [-0.05, 0) is 40.5 Å². The summed E-state index contributed by atoms with van der Waals surface area (Å²) in [5, 5.41) is 16.8. The van der Waals surface area contributed by atoms with Crippen molar-refractivity contribution in [2.45, 2.75) is 19.8 Å². The van der Waals surface area contributed by atoms with Gasteiger partial charge in [-0.2, -0.15) is 18.4 Å². The smallest absolute Gasteiger partial charge is 0.400 e. The number of ether oxygens (including phenoxy) is 1. The third kappa shape index (κ3) is 4.76. The quantitative estimate of drug-likeness (QED) is 0.724. The molecule has 2 rings (SSSR count). The molecule has 0 radical (unpaired) electrons. The highest BCUT2D eigenvalue weighted by molar-refractivity contribution is 9.10. The standard InChI is InChI=1S/C15H11BrClF3N2O.CH4O/c1-2-23-8-22-13(9-3-5-10(17)6-4-9)11(7-21)12(16)14(22)15(18,19)20;1-2/h3-6H,2,8H2,1H3;2H,1H3. The number of aromatic nitrogens is 1. The first kappa shape index (κ1) is 21.5. The molecular weight excluding hydrogens is 425 g/mol. The molecule has 0 spiro atoms. The maximum Gasteiger partial charge on any atom is 0.432 e. The summed E-state index contributed by atoms with van der Waals surface area (Å²) in [5.74, 6) is 0. The van der Waals surface area contributed by atoms with Crippen LogP contribution in [0.1, 0.15) is 18.2 Å². The van der Waals surface area contributed by atoms with E-state index in [1.165, 1.54) is 0 Å². The SMILES string of the molecule is CCOCn1c(-c2ccc(Cl)cc2)c(C#N)c(Br)c1C(F)(F)F.CO. The predicted octanol–water partition coefficient (Wildman–Crippen LogP) is 5.06. The van der Waals surface area contributed by atoms with E-state index in [0.717, 1.165) is 11.7 Å². The van der Waals surface area contributed by atoms with Crippen molar-refractivity contribution in [2.75, 3.05) is 13.7 Å². The number of hydrogen-bond acceptors (Lipinski definition) is 3. The first-order valence-corrected chi connectivity index (χ1v) is 8.16. The molecule has 0 fully saturated rings. The summed E-state index contributed by atoms with van der Waals surface area (Å²) in [6, 6.07) is 8.06. The second-order valence-corrected chi connectivity index (χ2v) is 5.78. The molecule has 1 heterocycles. The molecule has 0 atom stereocenters. The lowest BCUT2D eigenvalue weighted by Gasteiger charge is -2.15. The van der Waals surface area contributed by atoms with Gasteiger partial charge < -0.3 is 14.4 Å². The van der Waals surface area contributed by atoms with Crippen molar-refractivity contribution >= 4 is 27.5 Å². The number of nitrogens with zero attached hydrogens (tertiary/aromatic N) is 2. The highest BCUT2D eigenvalue weighted by Gasteiger charge is 2.40. The molecule has 0 aliphatic carbocycles. The fourth-order valence-electron chi connectivity index (χ4n) is 2.19. The largest absolute Gasteiger partial charge is 0.432 e. The normalized spacial score (nSPS) is 10.8. The molecule has 0 unspecified atom stereocenters. The van der Waals surface area contributed by atoms with Gasteiger partial charge in [0.1, 0.15) is 18.5 Å². The Morgan fingerprint density at radius 3 is 2.28 bits per heavy atom. The van der Waals surface area contributed by atoms with Gasteiger partial charge in [0, 0.05) is 18.7 Å². The Morgan fingerprint density at radius 2 is 1.84 bits per heavy atom. The lowest BCUT2D eigenvalue weighted by molar-refractivity contribution is -0.146. The maximum absolute atomic E-state index is 13.4. The van der Waals surface area contributed by atoms with E-state index in [4.69, 9.17) is 21.4 Å². The van der Waals surface area contributed by atoms with Crippen LogP contribution in [0, 0.1) is 11.3 Å². The molecule has 1 N–H and O–H groups in total. The molecule has 0 bridgehead atoms. The number of nitriles is 1. The summed E-state index contributed by atoms with van der Waals surface area (Å²) in [5.41, 5.74) is -0.467. The van der Waals surface area contributed by atoms with Crippen LogP contribution in [0.2, 0.25) is 5.02 Å². The zero-order valence-corrected chi connectivity index (χ0v) is 15.7. The summed E-state index contributed by atoms with van der Waals surface area (Å²) < 4.78 is 46.0. The third-order valence-corrected chi connectivity index (χ3v) is 4.15. The summed E-state index contributed by atoms with van der Waals surface area (Å²) in [6.45, 7) is 1.61. The molecule has 25 heavy (non-hydrogen) atoms. The molecule has 0 saturated carbocycles. The van der Waals surface area contributed by atoms with Crippen LogP contribution in [0.3, 0.4) is 0 Å². The van der Waals surface area contributed by atoms with Crippen LogP contribution in [0.4, 0.5) is 13.2 Å². The minimum Gasteiger partial charge on any atom is -0.400 e. The van der Waals surface area contributed by atoms with Gasteiger partial charge in [0.25, 0.3) is 0 Å². The van der Waals surface area contributed by atoms with Crippen molar-refractivity contribution < 1.29 is 23.0 Å². The van der Waals surface area contributed by atoms with E-state index in [1.54, 1.807) is 31.2 Å². The van der Waals surface area contributed by atoms with Crippen molar-refractivity contribution in [1.82, 2.24) is 4.57 Å². The number of alkyl halides is 3. The zero-order valence-electron chi connectivity index (χ0n) is 13.4. The van der Waals surface area contributed by atoms with E-state index in [9.17, 15) is 18.4 Å². The molecule has 0 aliphatic rings. The highest BCUT2D eigenvalue weighted by Crippen LogP contribution is 2.43. The van der Waals surface area contributed by atoms with E-state index >= 15 is 0 Å². The first-order chi connectivity index (χ1) is 11.8. The summed E-state index contributed by atoms with van der Waals surface area (Å²) in [6.07, 6.45) is -4.63. The molecule has 0 aliphatic heterocycles. The lowest BCUT2D eigenvalue weighted by Crippen LogP contribution is -2.16. The second-order valence-electron chi connectivity index (χ2n) is 4.55. The van der Waals surface area contributed by atoms with Crippen LogP contribution < -0.4 is 0 Å². The zero-order chi connectivity index (χ0) is 19.2. The minimum absolute atomic E-state index is 0.0978. The number of rotatable bonds is 4. The molecule has 0 amide bonds.